The molecule has 2 aliphatic rings. The second-order valence-corrected chi connectivity index (χ2v) is 8.33. The monoisotopic (exact) mass is 580 g/mol. The van der Waals surface area contributed by atoms with Crippen LogP contribution in [0.5, 0.6) is 0 Å². The first-order valence-electron chi connectivity index (χ1n) is 12.5. The van der Waals surface area contributed by atoms with Crippen molar-refractivity contribution >= 4 is 0 Å². The van der Waals surface area contributed by atoms with Gasteiger partial charge in [0, 0.05) is 0 Å². The van der Waals surface area contributed by atoms with Crippen molar-refractivity contribution in [3.05, 3.63) is 0 Å². The van der Waals surface area contributed by atoms with Gasteiger partial charge in [-0.25, -0.2) is 0 Å². The highest BCUT2D eigenvalue weighted by molar-refractivity contribution is 4.93. The molecule has 0 aliphatic carbocycles. The Hall–Kier alpha value is -0.680. The van der Waals surface area contributed by atoms with Crippen LogP contribution in [-0.4, -0.2) is 192 Å². The standard InChI is InChI=1S/C16H32O11.C6H12O6/c17-1-6-22-11-12-13(23-7-2-18)14(24-8-3-19)15(25-9-4-20)16(27-12)26-10-5-21;7-1-2-3(8)4(9)5(10)6(11)12-2/h12-21H,1-11H2;2-11H,1H2/t12-,13+,14+,15-,16+;2-,3+,4+,5-,6+/m11/s1. The molecule has 0 radical (unpaired) electrons. The molecule has 2 aliphatic heterocycles. The summed E-state index contributed by atoms with van der Waals surface area (Å²) in [6.07, 6.45) is -10.9. The average Bonchev–Trinajstić information content (AvgIpc) is 2.94. The van der Waals surface area contributed by atoms with Crippen LogP contribution < -0.4 is 0 Å². The summed E-state index contributed by atoms with van der Waals surface area (Å²) in [5.41, 5.74) is 0. The zero-order chi connectivity index (χ0) is 29.2. The van der Waals surface area contributed by atoms with Gasteiger partial charge in [-0.05, 0) is 0 Å². The average molecular weight is 581 g/mol. The van der Waals surface area contributed by atoms with Gasteiger partial charge in [0.1, 0.15) is 48.8 Å². The Balaban J connectivity index is 0.000000525. The van der Waals surface area contributed by atoms with Crippen molar-refractivity contribution in [2.24, 2.45) is 0 Å². The van der Waals surface area contributed by atoms with Crippen molar-refractivity contribution in [1.82, 2.24) is 0 Å². The minimum atomic E-state index is -1.57. The smallest absolute Gasteiger partial charge is 0.187 e. The van der Waals surface area contributed by atoms with Crippen LogP contribution in [0.3, 0.4) is 0 Å². The Kier molecular flexibility index (Phi) is 19.7. The lowest BCUT2D eigenvalue weighted by atomic mass is 9.98. The van der Waals surface area contributed by atoms with Crippen LogP contribution >= 0.6 is 0 Å². The lowest BCUT2D eigenvalue weighted by molar-refractivity contribution is -0.325. The zero-order valence-corrected chi connectivity index (χ0v) is 21.6. The van der Waals surface area contributed by atoms with Gasteiger partial charge in [-0.2, -0.15) is 0 Å². The molecule has 39 heavy (non-hydrogen) atoms. The molecule has 0 amide bonds. The van der Waals surface area contributed by atoms with Gasteiger partial charge in [0.15, 0.2) is 12.6 Å². The van der Waals surface area contributed by atoms with E-state index >= 15 is 0 Å². The fraction of sp³-hybridized carbons (Fsp3) is 1.00. The maximum atomic E-state index is 9.13. The van der Waals surface area contributed by atoms with Gasteiger partial charge >= 0.3 is 0 Å². The Bertz CT molecular complexity index is 584. The summed E-state index contributed by atoms with van der Waals surface area (Å²) in [6.45, 7) is -1.46. The number of aliphatic hydroxyl groups excluding tert-OH is 10. The molecule has 0 unspecified atom stereocenters. The molecule has 2 saturated heterocycles. The summed E-state index contributed by atoms with van der Waals surface area (Å²) in [5, 5.41) is 89.9. The summed E-state index contributed by atoms with van der Waals surface area (Å²) >= 11 is 0. The molecule has 17 nitrogen and oxygen atoms in total. The maximum absolute atomic E-state index is 9.13. The van der Waals surface area contributed by atoms with E-state index in [2.05, 4.69) is 4.74 Å². The molecule has 10 N–H and O–H groups in total. The summed E-state index contributed by atoms with van der Waals surface area (Å²) in [7, 11) is 0. The quantitative estimate of drug-likeness (QED) is 0.0717. The van der Waals surface area contributed by atoms with E-state index in [-0.39, 0.29) is 72.7 Å². The van der Waals surface area contributed by atoms with E-state index in [1.54, 1.807) is 0 Å². The van der Waals surface area contributed by atoms with Crippen LogP contribution in [0.4, 0.5) is 0 Å². The lowest BCUT2D eigenvalue weighted by Gasteiger charge is -2.45. The SMILES string of the molecule is OCCOC[C@H]1O[C@H](OCCO)[C@H](OCCO)[C@@H](OCCO)[C@H]1OCCO.OC[C@H]1O[C@H](O)[C@H](O)[C@@H](O)[C@H]1O. The summed E-state index contributed by atoms with van der Waals surface area (Å²) in [5.74, 6) is 0. The molecule has 0 aromatic rings. The molecule has 2 fully saturated rings. The van der Waals surface area contributed by atoms with Gasteiger partial charge in [-0.1, -0.05) is 0 Å². The maximum Gasteiger partial charge on any atom is 0.187 e. The molecule has 0 saturated carbocycles. The Morgan fingerprint density at radius 1 is 0.487 bits per heavy atom. The zero-order valence-electron chi connectivity index (χ0n) is 21.6. The molecular weight excluding hydrogens is 536 g/mol. The van der Waals surface area contributed by atoms with E-state index in [1.165, 1.54) is 0 Å². The summed E-state index contributed by atoms with van der Waals surface area (Å²) in [4.78, 5) is 0. The van der Waals surface area contributed by atoms with Gasteiger partial charge in [0.25, 0.3) is 0 Å². The number of aliphatic hydroxyl groups is 10. The van der Waals surface area contributed by atoms with Crippen molar-refractivity contribution in [2.75, 3.05) is 79.3 Å². The van der Waals surface area contributed by atoms with Crippen molar-refractivity contribution in [3.63, 3.8) is 0 Å². The van der Waals surface area contributed by atoms with E-state index < -0.39 is 68.0 Å². The van der Waals surface area contributed by atoms with E-state index in [4.69, 9.17) is 79.5 Å². The van der Waals surface area contributed by atoms with E-state index in [0.29, 0.717) is 0 Å². The molecular formula is C22H44O17. The predicted molar refractivity (Wildman–Crippen MR) is 126 cm³/mol. The second-order valence-electron chi connectivity index (χ2n) is 8.33. The van der Waals surface area contributed by atoms with E-state index in [0.717, 1.165) is 0 Å². The highest BCUT2D eigenvalue weighted by Crippen LogP contribution is 2.29. The van der Waals surface area contributed by atoms with Crippen molar-refractivity contribution in [2.45, 2.75) is 61.4 Å². The van der Waals surface area contributed by atoms with Gasteiger partial charge in [-0.15, -0.1) is 0 Å². The topological polar surface area (TPSA) is 267 Å². The number of hydrogen-bond donors (Lipinski definition) is 10. The van der Waals surface area contributed by atoms with Gasteiger partial charge < -0.3 is 84.2 Å². The summed E-state index contributed by atoms with van der Waals surface area (Å²) in [6, 6.07) is 0. The molecule has 0 aromatic heterocycles. The third-order valence-corrected chi connectivity index (χ3v) is 5.55. The molecule has 17 heteroatoms. The van der Waals surface area contributed by atoms with Crippen molar-refractivity contribution in [1.29, 1.82) is 0 Å². The van der Waals surface area contributed by atoms with Crippen LogP contribution in [0.1, 0.15) is 0 Å². The number of hydrogen-bond acceptors (Lipinski definition) is 17. The van der Waals surface area contributed by atoms with E-state index in [9.17, 15) is 0 Å². The first-order chi connectivity index (χ1) is 18.8. The van der Waals surface area contributed by atoms with Gasteiger partial charge in [-0.3, -0.25) is 0 Å². The molecule has 2 heterocycles. The van der Waals surface area contributed by atoms with Gasteiger partial charge in [0.05, 0.1) is 79.3 Å². The first kappa shape index (κ1) is 36.3. The molecule has 0 bridgehead atoms. The van der Waals surface area contributed by atoms with Gasteiger partial charge in [0.2, 0.25) is 0 Å². The van der Waals surface area contributed by atoms with Crippen LogP contribution in [0, 0.1) is 0 Å². The predicted octanol–water partition coefficient (Wildman–Crippen LogP) is -6.36. The van der Waals surface area contributed by atoms with Crippen molar-refractivity contribution < 1.29 is 84.2 Å². The second kappa shape index (κ2) is 21.1. The Morgan fingerprint density at radius 2 is 1.00 bits per heavy atom. The third kappa shape index (κ3) is 12.0. The minimum Gasteiger partial charge on any atom is -0.394 e. The Morgan fingerprint density at radius 3 is 1.54 bits per heavy atom. The largest absolute Gasteiger partial charge is 0.394 e. The normalized spacial score (nSPS) is 34.9. The Labute approximate surface area is 225 Å². The third-order valence-electron chi connectivity index (χ3n) is 5.55. The van der Waals surface area contributed by atoms with Crippen molar-refractivity contribution in [3.8, 4) is 0 Å². The van der Waals surface area contributed by atoms with Crippen LogP contribution in [0.25, 0.3) is 0 Å². The highest BCUT2D eigenvalue weighted by atomic mass is 16.7. The van der Waals surface area contributed by atoms with E-state index in [1.807, 2.05) is 0 Å². The molecule has 0 aromatic carbocycles. The summed E-state index contributed by atoms with van der Waals surface area (Å²) < 4.78 is 38.3. The molecule has 10 atom stereocenters. The van der Waals surface area contributed by atoms with Crippen LogP contribution in [-0.2, 0) is 33.2 Å². The molecule has 2 rings (SSSR count). The minimum absolute atomic E-state index is 0.000423. The first-order valence-corrected chi connectivity index (χ1v) is 12.5. The molecule has 0 spiro atoms. The van der Waals surface area contributed by atoms with Crippen LogP contribution in [0.15, 0.2) is 0 Å². The fourth-order valence-corrected chi connectivity index (χ4v) is 3.80. The number of rotatable bonds is 17. The number of ether oxygens (including phenoxy) is 7. The molecule has 234 valence electrons. The fourth-order valence-electron chi connectivity index (χ4n) is 3.80. The highest BCUT2D eigenvalue weighted by Gasteiger charge is 2.49. The lowest BCUT2D eigenvalue weighted by Crippen LogP contribution is -2.62. The van der Waals surface area contributed by atoms with Crippen LogP contribution in [0.2, 0.25) is 0 Å².